The van der Waals surface area contributed by atoms with Gasteiger partial charge in [-0.2, -0.15) is 10.4 Å². The molecule has 0 unspecified atom stereocenters. The molecule has 0 spiro atoms. The molecule has 3 aromatic heterocycles. The van der Waals surface area contributed by atoms with Crippen LogP contribution >= 0.6 is 0 Å². The highest BCUT2D eigenvalue weighted by Gasteiger charge is 2.37. The van der Waals surface area contributed by atoms with Crippen LogP contribution in [0.1, 0.15) is 32.3 Å². The van der Waals surface area contributed by atoms with Crippen molar-refractivity contribution in [3.05, 3.63) is 66.4 Å². The number of pyridine rings is 1. The number of nitriles is 1. The number of nitrogens with zero attached hydrogens (tertiary/aromatic N) is 6. The summed E-state index contributed by atoms with van der Waals surface area (Å²) in [7, 11) is -1.87. The molecule has 0 N–H and O–H groups in total. The van der Waals surface area contributed by atoms with Gasteiger partial charge in [0.25, 0.3) is 0 Å². The maximum atomic E-state index is 9.10. The average molecular weight is 443 g/mol. The molecule has 0 amide bonds. The van der Waals surface area contributed by atoms with E-state index in [9.17, 15) is 0 Å². The summed E-state index contributed by atoms with van der Waals surface area (Å²) >= 11 is 0. The number of fused-ring (bicyclic) bond motifs is 1. The van der Waals surface area contributed by atoms with E-state index in [4.69, 9.17) is 14.7 Å². The SMILES string of the molecule is CC(C)(C)[Si](C)(C)OCc1cccc(-n2ncc3ccc(-c4ccnc(C#N)n4)cc32)n1. The van der Waals surface area contributed by atoms with Crippen LogP contribution < -0.4 is 0 Å². The van der Waals surface area contributed by atoms with Gasteiger partial charge in [-0.15, -0.1) is 0 Å². The van der Waals surface area contributed by atoms with Crippen molar-refractivity contribution in [2.75, 3.05) is 0 Å². The second kappa shape index (κ2) is 8.26. The van der Waals surface area contributed by atoms with Gasteiger partial charge in [0.05, 0.1) is 29.7 Å². The maximum Gasteiger partial charge on any atom is 0.232 e. The fourth-order valence-corrected chi connectivity index (χ4v) is 4.01. The molecule has 1 aromatic carbocycles. The summed E-state index contributed by atoms with van der Waals surface area (Å²) in [6.07, 6.45) is 3.41. The number of hydrogen-bond acceptors (Lipinski definition) is 6. The molecule has 162 valence electrons. The standard InChI is InChI=1S/C24H26N6OSi/c1-24(2,3)32(4,5)31-16-19-7-6-8-23(28-19)30-21-13-17(9-10-18(21)15-27-30)20-11-12-26-22(14-25)29-20/h6-13,15H,16H2,1-5H3. The van der Waals surface area contributed by atoms with E-state index in [1.165, 1.54) is 0 Å². The minimum absolute atomic E-state index is 0.144. The van der Waals surface area contributed by atoms with E-state index in [0.29, 0.717) is 12.3 Å². The number of aromatic nitrogens is 5. The van der Waals surface area contributed by atoms with Crippen LogP contribution in [-0.4, -0.2) is 33.0 Å². The molecule has 0 aliphatic heterocycles. The Balaban J connectivity index is 1.67. The van der Waals surface area contributed by atoms with Crippen molar-refractivity contribution < 1.29 is 4.43 Å². The Morgan fingerprint density at radius 2 is 1.91 bits per heavy atom. The largest absolute Gasteiger partial charge is 0.411 e. The third kappa shape index (κ3) is 4.30. The molecule has 0 radical (unpaired) electrons. The number of rotatable bonds is 5. The molecule has 0 saturated carbocycles. The lowest BCUT2D eigenvalue weighted by Gasteiger charge is -2.36. The third-order valence-corrected chi connectivity index (χ3v) is 10.5. The van der Waals surface area contributed by atoms with Gasteiger partial charge in [0, 0.05) is 17.1 Å². The molecule has 0 fully saturated rings. The summed E-state index contributed by atoms with van der Waals surface area (Å²) in [6, 6.07) is 15.6. The Hall–Kier alpha value is -3.41. The van der Waals surface area contributed by atoms with E-state index in [2.05, 4.69) is 48.9 Å². The molecule has 0 bridgehead atoms. The van der Waals surface area contributed by atoms with Crippen molar-refractivity contribution in [3.8, 4) is 23.1 Å². The molecule has 0 atom stereocenters. The Morgan fingerprint density at radius 1 is 1.09 bits per heavy atom. The van der Waals surface area contributed by atoms with Crippen molar-refractivity contribution in [2.45, 2.75) is 45.5 Å². The zero-order valence-corrected chi connectivity index (χ0v) is 20.0. The van der Waals surface area contributed by atoms with Crippen LogP contribution in [0.3, 0.4) is 0 Å². The van der Waals surface area contributed by atoms with E-state index in [1.54, 1.807) is 12.3 Å². The first-order chi connectivity index (χ1) is 15.2. The molecule has 0 saturated heterocycles. The van der Waals surface area contributed by atoms with Gasteiger partial charge >= 0.3 is 0 Å². The summed E-state index contributed by atoms with van der Waals surface area (Å²) < 4.78 is 8.17. The van der Waals surface area contributed by atoms with Crippen molar-refractivity contribution in [3.63, 3.8) is 0 Å². The van der Waals surface area contributed by atoms with E-state index >= 15 is 0 Å². The van der Waals surface area contributed by atoms with Crippen LogP contribution in [0.15, 0.2) is 54.9 Å². The summed E-state index contributed by atoms with van der Waals surface area (Å²) in [5.41, 5.74) is 3.36. The first kappa shape index (κ1) is 21.8. The molecule has 4 rings (SSSR count). The van der Waals surface area contributed by atoms with Gasteiger partial charge in [-0.05, 0) is 42.4 Å². The lowest BCUT2D eigenvalue weighted by atomic mass is 10.1. The zero-order valence-electron chi connectivity index (χ0n) is 19.0. The quantitative estimate of drug-likeness (QED) is 0.391. The Bertz CT molecular complexity index is 1320. The highest BCUT2D eigenvalue weighted by Crippen LogP contribution is 2.37. The van der Waals surface area contributed by atoms with Gasteiger partial charge in [-0.3, -0.25) is 0 Å². The number of hydrogen-bond donors (Lipinski definition) is 0. The summed E-state index contributed by atoms with van der Waals surface area (Å²) in [5.74, 6) is 0.876. The van der Waals surface area contributed by atoms with E-state index in [0.717, 1.165) is 28.0 Å². The number of benzene rings is 1. The zero-order chi connectivity index (χ0) is 22.9. The Kier molecular flexibility index (Phi) is 5.63. The lowest BCUT2D eigenvalue weighted by Crippen LogP contribution is -2.40. The molecular formula is C24H26N6OSi. The molecule has 8 heteroatoms. The molecule has 0 aliphatic carbocycles. The Morgan fingerprint density at radius 3 is 2.66 bits per heavy atom. The van der Waals surface area contributed by atoms with Crippen LogP contribution in [0.25, 0.3) is 28.0 Å². The fourth-order valence-electron chi connectivity index (χ4n) is 3.07. The minimum atomic E-state index is -1.87. The molecule has 0 aliphatic rings. The maximum absolute atomic E-state index is 9.10. The van der Waals surface area contributed by atoms with Crippen LogP contribution in [0.2, 0.25) is 18.1 Å². The molecule has 32 heavy (non-hydrogen) atoms. The van der Waals surface area contributed by atoms with Crippen LogP contribution in [0, 0.1) is 11.3 Å². The second-order valence-electron chi connectivity index (χ2n) is 9.24. The summed E-state index contributed by atoms with van der Waals surface area (Å²) in [6.45, 7) is 11.6. The van der Waals surface area contributed by atoms with Crippen LogP contribution in [-0.2, 0) is 11.0 Å². The topological polar surface area (TPSA) is 89.5 Å². The highest BCUT2D eigenvalue weighted by molar-refractivity contribution is 6.74. The molecule has 7 nitrogen and oxygen atoms in total. The van der Waals surface area contributed by atoms with Crippen molar-refractivity contribution >= 4 is 19.2 Å². The monoisotopic (exact) mass is 442 g/mol. The van der Waals surface area contributed by atoms with E-state index in [-0.39, 0.29) is 10.9 Å². The van der Waals surface area contributed by atoms with Crippen LogP contribution in [0.5, 0.6) is 0 Å². The normalized spacial score (nSPS) is 12.1. The molecule has 4 aromatic rings. The van der Waals surface area contributed by atoms with Gasteiger partial charge in [0.15, 0.2) is 14.1 Å². The lowest BCUT2D eigenvalue weighted by molar-refractivity contribution is 0.272. The van der Waals surface area contributed by atoms with E-state index < -0.39 is 8.32 Å². The van der Waals surface area contributed by atoms with Crippen molar-refractivity contribution in [1.29, 1.82) is 5.26 Å². The Labute approximate surface area is 188 Å². The highest BCUT2D eigenvalue weighted by atomic mass is 28.4. The van der Waals surface area contributed by atoms with Gasteiger partial charge in [0.2, 0.25) is 5.82 Å². The van der Waals surface area contributed by atoms with Gasteiger partial charge in [-0.1, -0.05) is 39.0 Å². The minimum Gasteiger partial charge on any atom is -0.411 e. The van der Waals surface area contributed by atoms with Gasteiger partial charge in [0.1, 0.15) is 6.07 Å². The average Bonchev–Trinajstić information content (AvgIpc) is 3.20. The summed E-state index contributed by atoms with van der Waals surface area (Å²) in [5, 5.41) is 14.8. The second-order valence-corrected chi connectivity index (χ2v) is 14.1. The first-order valence-corrected chi connectivity index (χ1v) is 13.4. The van der Waals surface area contributed by atoms with E-state index in [1.807, 2.05) is 53.3 Å². The van der Waals surface area contributed by atoms with Crippen LogP contribution in [0.4, 0.5) is 0 Å². The predicted molar refractivity (Wildman–Crippen MR) is 127 cm³/mol. The van der Waals surface area contributed by atoms with Gasteiger partial charge < -0.3 is 4.43 Å². The first-order valence-electron chi connectivity index (χ1n) is 10.5. The predicted octanol–water partition coefficient (Wildman–Crippen LogP) is 5.27. The third-order valence-electron chi connectivity index (χ3n) is 6.02. The van der Waals surface area contributed by atoms with Gasteiger partial charge in [-0.25, -0.2) is 19.6 Å². The van der Waals surface area contributed by atoms with Crippen molar-refractivity contribution in [2.24, 2.45) is 0 Å². The smallest absolute Gasteiger partial charge is 0.232 e. The molecular weight excluding hydrogens is 416 g/mol. The summed E-state index contributed by atoms with van der Waals surface area (Å²) in [4.78, 5) is 13.1. The fraction of sp³-hybridized carbons (Fsp3) is 0.292. The van der Waals surface area contributed by atoms with Crippen molar-refractivity contribution in [1.82, 2.24) is 24.7 Å². The molecule has 3 heterocycles.